The Kier molecular flexibility index (Phi) is 6.88. The fourth-order valence-corrected chi connectivity index (χ4v) is 3.43. The van der Waals surface area contributed by atoms with Crippen LogP contribution in [0.3, 0.4) is 0 Å². The summed E-state index contributed by atoms with van der Waals surface area (Å²) in [6, 6.07) is 13.2. The average Bonchev–Trinajstić information content (AvgIpc) is 2.72. The largest absolute Gasteiger partial charge is 0.494 e. The summed E-state index contributed by atoms with van der Waals surface area (Å²) >= 11 is 0. The van der Waals surface area contributed by atoms with Crippen molar-refractivity contribution in [1.29, 1.82) is 0 Å². The molecule has 6 nitrogen and oxygen atoms in total. The number of nitrogens with one attached hydrogen (secondary N) is 1. The number of benzene rings is 2. The minimum atomic E-state index is -0.0232. The van der Waals surface area contributed by atoms with Crippen LogP contribution in [0.15, 0.2) is 42.5 Å². The van der Waals surface area contributed by atoms with Gasteiger partial charge in [-0.2, -0.15) is 0 Å². The van der Waals surface area contributed by atoms with Gasteiger partial charge in [-0.25, -0.2) is 0 Å². The molecule has 1 heterocycles. The van der Waals surface area contributed by atoms with Crippen LogP contribution in [-0.2, 0) is 4.79 Å². The molecule has 1 saturated heterocycles. The Morgan fingerprint density at radius 2 is 1.69 bits per heavy atom. The Labute approximate surface area is 172 Å². The van der Waals surface area contributed by atoms with Gasteiger partial charge in [-0.1, -0.05) is 12.1 Å². The lowest BCUT2D eigenvalue weighted by molar-refractivity contribution is -0.117. The number of carbonyl (C=O) groups is 2. The van der Waals surface area contributed by atoms with E-state index >= 15 is 0 Å². The van der Waals surface area contributed by atoms with Crippen LogP contribution >= 0.6 is 0 Å². The first-order chi connectivity index (χ1) is 14.0. The average molecular weight is 396 g/mol. The molecule has 0 radical (unpaired) electrons. The number of carbonyl (C=O) groups excluding carboxylic acids is 2. The summed E-state index contributed by atoms with van der Waals surface area (Å²) in [5.41, 5.74) is 3.77. The third kappa shape index (κ3) is 5.35. The van der Waals surface area contributed by atoms with Crippen LogP contribution in [0.25, 0.3) is 0 Å². The van der Waals surface area contributed by atoms with E-state index in [2.05, 4.69) is 10.2 Å². The van der Waals surface area contributed by atoms with Gasteiger partial charge in [0.25, 0.3) is 5.91 Å². The van der Waals surface area contributed by atoms with Crippen LogP contribution in [-0.4, -0.2) is 60.9 Å². The SMILES string of the molecule is CCOc1ccc(C(=O)N2CCN(CC(=O)Nc3cccc(C)c3C)CC2)cc1. The second kappa shape index (κ2) is 9.56. The van der Waals surface area contributed by atoms with Gasteiger partial charge in [0.05, 0.1) is 13.2 Å². The van der Waals surface area contributed by atoms with E-state index in [1.807, 2.05) is 56.0 Å². The Hall–Kier alpha value is -2.86. The molecule has 1 fully saturated rings. The van der Waals surface area contributed by atoms with Crippen molar-refractivity contribution in [2.45, 2.75) is 20.8 Å². The molecule has 154 valence electrons. The summed E-state index contributed by atoms with van der Waals surface area (Å²) in [6.07, 6.45) is 0. The number of amides is 2. The number of hydrogen-bond donors (Lipinski definition) is 1. The quantitative estimate of drug-likeness (QED) is 0.817. The Morgan fingerprint density at radius 1 is 1.00 bits per heavy atom. The monoisotopic (exact) mass is 395 g/mol. The number of hydrogen-bond acceptors (Lipinski definition) is 4. The molecule has 0 bridgehead atoms. The molecule has 0 unspecified atom stereocenters. The van der Waals surface area contributed by atoms with Gasteiger partial charge >= 0.3 is 0 Å². The first-order valence-corrected chi connectivity index (χ1v) is 10.1. The number of nitrogens with zero attached hydrogens (tertiary/aromatic N) is 2. The lowest BCUT2D eigenvalue weighted by Crippen LogP contribution is -2.50. The molecule has 0 aromatic heterocycles. The molecule has 2 aromatic rings. The maximum atomic E-state index is 12.7. The topological polar surface area (TPSA) is 61.9 Å². The molecule has 6 heteroatoms. The highest BCUT2D eigenvalue weighted by Crippen LogP contribution is 2.18. The highest BCUT2D eigenvalue weighted by atomic mass is 16.5. The van der Waals surface area contributed by atoms with Crippen molar-refractivity contribution in [3.63, 3.8) is 0 Å². The predicted molar refractivity (Wildman–Crippen MR) is 115 cm³/mol. The van der Waals surface area contributed by atoms with Gasteiger partial charge in [0.2, 0.25) is 5.91 Å². The molecular formula is C23H29N3O3. The molecular weight excluding hydrogens is 366 g/mol. The maximum absolute atomic E-state index is 12.7. The molecule has 2 amide bonds. The molecule has 29 heavy (non-hydrogen) atoms. The third-order valence-electron chi connectivity index (χ3n) is 5.32. The minimum absolute atomic E-state index is 0.0209. The number of piperazine rings is 1. The van der Waals surface area contributed by atoms with Crippen molar-refractivity contribution in [2.75, 3.05) is 44.6 Å². The van der Waals surface area contributed by atoms with Crippen molar-refractivity contribution in [3.8, 4) is 5.75 Å². The Morgan fingerprint density at radius 3 is 2.34 bits per heavy atom. The fourth-order valence-electron chi connectivity index (χ4n) is 3.43. The standard InChI is InChI=1S/C23H29N3O3/c1-4-29-20-10-8-19(9-11-20)23(28)26-14-12-25(13-15-26)16-22(27)24-21-7-5-6-17(2)18(21)3/h5-11H,4,12-16H2,1-3H3,(H,24,27). The van der Waals surface area contributed by atoms with Gasteiger partial charge in [0.15, 0.2) is 0 Å². The molecule has 0 aliphatic carbocycles. The highest BCUT2D eigenvalue weighted by Gasteiger charge is 2.23. The number of aryl methyl sites for hydroxylation is 1. The van der Waals surface area contributed by atoms with Gasteiger partial charge in [-0.05, 0) is 62.2 Å². The maximum Gasteiger partial charge on any atom is 0.253 e. The predicted octanol–water partition coefficient (Wildman–Crippen LogP) is 3.10. The highest BCUT2D eigenvalue weighted by molar-refractivity contribution is 5.95. The van der Waals surface area contributed by atoms with E-state index in [-0.39, 0.29) is 11.8 Å². The van der Waals surface area contributed by atoms with Gasteiger partial charge in [0, 0.05) is 37.4 Å². The van der Waals surface area contributed by atoms with Crippen LogP contribution in [0.4, 0.5) is 5.69 Å². The summed E-state index contributed by atoms with van der Waals surface area (Å²) in [4.78, 5) is 29.0. The summed E-state index contributed by atoms with van der Waals surface area (Å²) < 4.78 is 5.42. The zero-order valence-electron chi connectivity index (χ0n) is 17.4. The van der Waals surface area contributed by atoms with Crippen LogP contribution in [0.2, 0.25) is 0 Å². The van der Waals surface area contributed by atoms with Gasteiger partial charge in [0.1, 0.15) is 5.75 Å². The van der Waals surface area contributed by atoms with Crippen molar-refractivity contribution in [3.05, 3.63) is 59.2 Å². The van der Waals surface area contributed by atoms with E-state index in [9.17, 15) is 9.59 Å². The normalized spacial score (nSPS) is 14.5. The van der Waals surface area contributed by atoms with Crippen molar-refractivity contribution >= 4 is 17.5 Å². The van der Waals surface area contributed by atoms with E-state index in [4.69, 9.17) is 4.74 Å². The fraction of sp³-hybridized carbons (Fsp3) is 0.391. The van der Waals surface area contributed by atoms with E-state index in [0.717, 1.165) is 22.6 Å². The molecule has 0 atom stereocenters. The molecule has 0 spiro atoms. The summed E-state index contributed by atoms with van der Waals surface area (Å²) in [5, 5.41) is 3.00. The van der Waals surface area contributed by atoms with E-state index in [1.54, 1.807) is 12.1 Å². The lowest BCUT2D eigenvalue weighted by Gasteiger charge is -2.34. The number of rotatable bonds is 6. The molecule has 1 aliphatic rings. The van der Waals surface area contributed by atoms with Crippen molar-refractivity contribution < 1.29 is 14.3 Å². The summed E-state index contributed by atoms with van der Waals surface area (Å²) in [6.45, 7) is 9.50. The zero-order valence-corrected chi connectivity index (χ0v) is 17.4. The van der Waals surface area contributed by atoms with Gasteiger partial charge < -0.3 is 15.0 Å². The third-order valence-corrected chi connectivity index (χ3v) is 5.32. The van der Waals surface area contributed by atoms with Crippen LogP contribution < -0.4 is 10.1 Å². The second-order valence-corrected chi connectivity index (χ2v) is 7.32. The molecule has 2 aromatic carbocycles. The molecule has 0 saturated carbocycles. The van der Waals surface area contributed by atoms with E-state index in [1.165, 1.54) is 0 Å². The molecule has 3 rings (SSSR count). The zero-order chi connectivity index (χ0) is 20.8. The van der Waals surface area contributed by atoms with E-state index in [0.29, 0.717) is 44.9 Å². The number of anilines is 1. The van der Waals surface area contributed by atoms with Crippen LogP contribution in [0, 0.1) is 13.8 Å². The van der Waals surface area contributed by atoms with Crippen molar-refractivity contribution in [1.82, 2.24) is 9.80 Å². The lowest BCUT2D eigenvalue weighted by atomic mass is 10.1. The first kappa shape index (κ1) is 20.9. The first-order valence-electron chi connectivity index (χ1n) is 10.1. The van der Waals surface area contributed by atoms with Gasteiger partial charge in [-0.3, -0.25) is 14.5 Å². The Bertz CT molecular complexity index is 856. The van der Waals surface area contributed by atoms with Crippen molar-refractivity contribution in [2.24, 2.45) is 0 Å². The van der Waals surface area contributed by atoms with Crippen LogP contribution in [0.5, 0.6) is 5.75 Å². The Balaban J connectivity index is 1.49. The minimum Gasteiger partial charge on any atom is -0.494 e. The molecule has 1 aliphatic heterocycles. The molecule has 1 N–H and O–H groups in total. The van der Waals surface area contributed by atoms with Crippen LogP contribution in [0.1, 0.15) is 28.4 Å². The van der Waals surface area contributed by atoms with Gasteiger partial charge in [-0.15, -0.1) is 0 Å². The summed E-state index contributed by atoms with van der Waals surface area (Å²) in [5.74, 6) is 0.765. The summed E-state index contributed by atoms with van der Waals surface area (Å²) in [7, 11) is 0. The smallest absolute Gasteiger partial charge is 0.253 e. The second-order valence-electron chi connectivity index (χ2n) is 7.32. The van der Waals surface area contributed by atoms with E-state index < -0.39 is 0 Å². The number of ether oxygens (including phenoxy) is 1.